The first-order chi connectivity index (χ1) is 7.37. The van der Waals surface area contributed by atoms with Gasteiger partial charge >= 0.3 is 5.91 Å². The van der Waals surface area contributed by atoms with Gasteiger partial charge in [-0.15, -0.1) is 0 Å². The third-order valence-corrected chi connectivity index (χ3v) is 2.82. The van der Waals surface area contributed by atoms with E-state index in [-0.39, 0.29) is 0 Å². The molecule has 1 N–H and O–H groups in total. The largest absolute Gasteiger partial charge is 0.726 e. The lowest BCUT2D eigenvalue weighted by molar-refractivity contribution is -0.818. The molecule has 0 spiro atoms. The smallest absolute Gasteiger partial charge is 0.308 e. The van der Waals surface area contributed by atoms with Gasteiger partial charge in [-0.2, -0.15) is 0 Å². The fourth-order valence-electron chi connectivity index (χ4n) is 1.51. The van der Waals surface area contributed by atoms with Crippen LogP contribution in [0, 0.1) is 0 Å². The van der Waals surface area contributed by atoms with E-state index in [0.29, 0.717) is 5.91 Å². The monoisotopic (exact) mass is 253 g/mol. The van der Waals surface area contributed by atoms with E-state index in [1.54, 1.807) is 6.92 Å². The van der Waals surface area contributed by atoms with Crippen molar-refractivity contribution in [3.05, 3.63) is 0 Å². The van der Waals surface area contributed by atoms with E-state index in [1.165, 1.54) is 30.6 Å². The first-order valence-electron chi connectivity index (χ1n) is 5.24. The van der Waals surface area contributed by atoms with Crippen LogP contribution in [0.5, 0.6) is 0 Å². The molecular formula is C9H19NO5S. The molecule has 16 heavy (non-hydrogen) atoms. The molecule has 0 bridgehead atoms. The summed E-state index contributed by atoms with van der Waals surface area (Å²) in [7, 11) is -3.60. The Kier molecular flexibility index (Phi) is 7.48. The molecule has 0 saturated carbocycles. The summed E-state index contributed by atoms with van der Waals surface area (Å²) in [6.45, 7) is 3.82. The third kappa shape index (κ3) is 8.78. The highest BCUT2D eigenvalue weighted by Crippen LogP contribution is 1.98. The lowest BCUT2D eigenvalue weighted by Gasteiger charge is -2.10. The average Bonchev–Trinajstić information content (AvgIpc) is 2.45. The summed E-state index contributed by atoms with van der Waals surface area (Å²) in [4.78, 5) is 12.1. The zero-order valence-corrected chi connectivity index (χ0v) is 10.5. The molecule has 1 saturated heterocycles. The molecule has 1 fully saturated rings. The second-order valence-electron chi connectivity index (χ2n) is 3.65. The first kappa shape index (κ1) is 15.5. The Balaban J connectivity index is 0.000000325. The van der Waals surface area contributed by atoms with Gasteiger partial charge in [-0.05, 0) is 25.7 Å². The molecule has 0 aliphatic carbocycles. The quantitative estimate of drug-likeness (QED) is 0.482. The summed E-state index contributed by atoms with van der Waals surface area (Å²) < 4.78 is 31.0. The van der Waals surface area contributed by atoms with Gasteiger partial charge in [0.15, 0.2) is 0 Å². The predicted octanol–water partition coefficient (Wildman–Crippen LogP) is -0.915. The highest BCUT2D eigenvalue weighted by molar-refractivity contribution is 7.80. The highest BCUT2D eigenvalue weighted by atomic mass is 32.3. The van der Waals surface area contributed by atoms with Crippen LogP contribution in [-0.4, -0.2) is 39.1 Å². The maximum absolute atomic E-state index is 10.9. The molecule has 0 aromatic rings. The minimum atomic E-state index is -4.41. The van der Waals surface area contributed by atoms with E-state index in [9.17, 15) is 17.8 Å². The van der Waals surface area contributed by atoms with Crippen molar-refractivity contribution in [1.82, 2.24) is 0 Å². The molecule has 1 aliphatic heterocycles. The van der Waals surface area contributed by atoms with Crippen LogP contribution in [0.25, 0.3) is 0 Å². The van der Waals surface area contributed by atoms with Gasteiger partial charge in [-0.1, -0.05) is 0 Å². The maximum atomic E-state index is 10.9. The van der Waals surface area contributed by atoms with E-state index in [4.69, 9.17) is 0 Å². The normalized spacial score (nSPS) is 18.2. The van der Waals surface area contributed by atoms with Gasteiger partial charge in [-0.25, -0.2) is 13.2 Å². The summed E-state index contributed by atoms with van der Waals surface area (Å²) in [5.74, 6) is 0.321. The molecule has 1 rings (SSSR count). The molecular weight excluding hydrogens is 234 g/mol. The number of carbonyl (C=O) groups excluding carboxylic acids is 1. The van der Waals surface area contributed by atoms with Crippen LogP contribution in [0.4, 0.5) is 0 Å². The molecule has 0 radical (unpaired) electrons. The Morgan fingerprint density at radius 1 is 1.19 bits per heavy atom. The third-order valence-electron chi connectivity index (χ3n) is 2.41. The van der Waals surface area contributed by atoms with Gasteiger partial charge in [0.1, 0.15) is 0 Å². The van der Waals surface area contributed by atoms with Gasteiger partial charge in [0.25, 0.3) is 0 Å². The number of quaternary nitrogens is 1. The molecule has 96 valence electrons. The Labute approximate surface area is 96.5 Å². The zero-order valence-electron chi connectivity index (χ0n) is 9.69. The lowest BCUT2D eigenvalue weighted by atomic mass is 10.2. The van der Waals surface area contributed by atoms with Crippen molar-refractivity contribution < 1.29 is 26.8 Å². The van der Waals surface area contributed by atoms with Gasteiger partial charge < -0.3 is 4.55 Å². The van der Waals surface area contributed by atoms with Crippen molar-refractivity contribution in [1.29, 1.82) is 0 Å². The molecule has 0 aromatic heterocycles. The van der Waals surface area contributed by atoms with Crippen molar-refractivity contribution in [2.75, 3.05) is 20.2 Å². The first-order valence-corrected chi connectivity index (χ1v) is 6.57. The van der Waals surface area contributed by atoms with Crippen LogP contribution in [0.15, 0.2) is 0 Å². The highest BCUT2D eigenvalue weighted by Gasteiger charge is 2.15. The number of rotatable bonds is 1. The average molecular weight is 253 g/mol. The number of carbonyl (C=O) groups is 1. The van der Waals surface area contributed by atoms with Crippen LogP contribution >= 0.6 is 0 Å². The number of hydrogen-bond acceptors (Lipinski definition) is 5. The van der Waals surface area contributed by atoms with Crippen LogP contribution in [0.3, 0.4) is 0 Å². The summed E-state index contributed by atoms with van der Waals surface area (Å²) >= 11 is 0. The van der Waals surface area contributed by atoms with E-state index in [0.717, 1.165) is 20.2 Å². The Hall–Kier alpha value is -0.500. The van der Waals surface area contributed by atoms with Gasteiger partial charge in [0.2, 0.25) is 10.4 Å². The second kappa shape index (κ2) is 7.72. The molecule has 1 amide bonds. The van der Waals surface area contributed by atoms with Crippen LogP contribution in [0.2, 0.25) is 0 Å². The molecule has 1 heterocycles. The van der Waals surface area contributed by atoms with Crippen molar-refractivity contribution in [3.8, 4) is 0 Å². The van der Waals surface area contributed by atoms with E-state index in [1.807, 2.05) is 0 Å². The molecule has 7 heteroatoms. The Morgan fingerprint density at radius 3 is 1.81 bits per heavy atom. The summed E-state index contributed by atoms with van der Waals surface area (Å²) in [6.07, 6.45) is 5.09. The standard InChI is InChI=1S/C8H15NO.CH4O4S/c1-8(10)9-6-4-2-3-5-7-9;1-5-6(2,3)4/h2-7H2,1H3;1H3,(H,2,3,4). The van der Waals surface area contributed by atoms with E-state index in [2.05, 4.69) is 4.18 Å². The van der Waals surface area contributed by atoms with Crippen molar-refractivity contribution in [3.63, 3.8) is 0 Å². The minimum absolute atomic E-state index is 0.321. The van der Waals surface area contributed by atoms with Gasteiger partial charge in [-0.3, -0.25) is 9.08 Å². The topological polar surface area (TPSA) is 87.9 Å². The second-order valence-corrected chi connectivity index (χ2v) is 4.80. The fraction of sp³-hybridized carbons (Fsp3) is 0.889. The number of hydrogen-bond donors (Lipinski definition) is 1. The lowest BCUT2D eigenvalue weighted by Crippen LogP contribution is -3.14. The molecule has 0 unspecified atom stereocenters. The van der Waals surface area contributed by atoms with Gasteiger partial charge in [0, 0.05) is 0 Å². The van der Waals surface area contributed by atoms with Crippen molar-refractivity contribution in [2.45, 2.75) is 32.6 Å². The SMILES string of the molecule is CC(=O)[NH+]1CCCCCC1.COS(=O)(=O)[O-]. The summed E-state index contributed by atoms with van der Waals surface area (Å²) in [6, 6.07) is 0. The van der Waals surface area contributed by atoms with E-state index < -0.39 is 10.4 Å². The number of nitrogens with one attached hydrogen (secondary N) is 1. The number of amides is 1. The van der Waals surface area contributed by atoms with Crippen LogP contribution in [0.1, 0.15) is 32.6 Å². The summed E-state index contributed by atoms with van der Waals surface area (Å²) in [5.41, 5.74) is 0. The van der Waals surface area contributed by atoms with Crippen LogP contribution in [-0.2, 0) is 19.4 Å². The van der Waals surface area contributed by atoms with Crippen LogP contribution < -0.4 is 4.90 Å². The number of likely N-dealkylation sites (tertiary alicyclic amines) is 1. The molecule has 1 aliphatic rings. The van der Waals surface area contributed by atoms with Crippen molar-refractivity contribution >= 4 is 16.3 Å². The molecule has 0 aromatic carbocycles. The zero-order chi connectivity index (χ0) is 12.6. The maximum Gasteiger partial charge on any atom is 0.308 e. The Bertz CT molecular complexity index is 293. The minimum Gasteiger partial charge on any atom is -0.726 e. The van der Waals surface area contributed by atoms with Crippen molar-refractivity contribution in [2.24, 2.45) is 0 Å². The fourth-order valence-corrected chi connectivity index (χ4v) is 1.51. The summed E-state index contributed by atoms with van der Waals surface area (Å²) in [5, 5.41) is 0. The molecule has 0 atom stereocenters. The van der Waals surface area contributed by atoms with E-state index >= 15 is 0 Å². The van der Waals surface area contributed by atoms with Gasteiger partial charge in [0.05, 0.1) is 27.1 Å². The predicted molar refractivity (Wildman–Crippen MR) is 56.6 cm³/mol. The Morgan fingerprint density at radius 2 is 1.56 bits per heavy atom. The molecule has 6 nitrogen and oxygen atoms in total.